The zero-order chi connectivity index (χ0) is 28.0. The van der Waals surface area contributed by atoms with Crippen molar-refractivity contribution in [1.29, 1.82) is 0 Å². The summed E-state index contributed by atoms with van der Waals surface area (Å²) >= 11 is 0. The molecular formula is C24H39N7O6. The minimum absolute atomic E-state index is 0.0572. The number of aliphatic hydroxyl groups excluding tert-OH is 1. The molecule has 5 atom stereocenters. The SMILES string of the molecule is CCC(C)C(NC(=O)C(N)CCCN=C(N)N)C(=O)NC(Cc1ccccc1)C(=O)NC(CO)C(=O)O. The van der Waals surface area contributed by atoms with Gasteiger partial charge in [0.1, 0.15) is 18.1 Å². The van der Waals surface area contributed by atoms with Crippen molar-refractivity contribution in [2.24, 2.45) is 28.1 Å². The molecule has 1 aromatic rings. The van der Waals surface area contributed by atoms with Crippen molar-refractivity contribution in [2.45, 2.75) is 63.7 Å². The van der Waals surface area contributed by atoms with E-state index in [1.807, 2.05) is 6.92 Å². The quantitative estimate of drug-likeness (QED) is 0.0694. The second kappa shape index (κ2) is 16.1. The fourth-order valence-corrected chi connectivity index (χ4v) is 3.39. The van der Waals surface area contributed by atoms with Crippen LogP contribution in [0.3, 0.4) is 0 Å². The number of aliphatic carboxylic acids is 1. The lowest BCUT2D eigenvalue weighted by atomic mass is 9.96. The van der Waals surface area contributed by atoms with Crippen LogP contribution in [0.4, 0.5) is 0 Å². The van der Waals surface area contributed by atoms with Crippen molar-refractivity contribution >= 4 is 29.7 Å². The number of carboxylic acid groups (broad SMARTS) is 1. The van der Waals surface area contributed by atoms with Gasteiger partial charge in [0.2, 0.25) is 17.7 Å². The van der Waals surface area contributed by atoms with Crippen molar-refractivity contribution < 1.29 is 29.4 Å². The number of carbonyl (C=O) groups is 4. The molecular weight excluding hydrogens is 482 g/mol. The largest absolute Gasteiger partial charge is 0.480 e. The first-order chi connectivity index (χ1) is 17.5. The minimum Gasteiger partial charge on any atom is -0.480 e. The van der Waals surface area contributed by atoms with E-state index in [4.69, 9.17) is 17.2 Å². The molecule has 13 heteroatoms. The van der Waals surface area contributed by atoms with Crippen molar-refractivity contribution in [1.82, 2.24) is 16.0 Å². The highest BCUT2D eigenvalue weighted by Gasteiger charge is 2.32. The number of carbonyl (C=O) groups excluding carboxylic acids is 3. The van der Waals surface area contributed by atoms with Crippen LogP contribution in [0.2, 0.25) is 0 Å². The van der Waals surface area contributed by atoms with Crippen molar-refractivity contribution in [3.63, 3.8) is 0 Å². The molecule has 206 valence electrons. The summed E-state index contributed by atoms with van der Waals surface area (Å²) in [5.41, 5.74) is 17.2. The first kappa shape index (κ1) is 31.3. The average molecular weight is 522 g/mol. The molecule has 0 saturated carbocycles. The van der Waals surface area contributed by atoms with E-state index in [-0.39, 0.29) is 24.7 Å². The number of nitrogens with one attached hydrogen (secondary N) is 3. The Kier molecular flexibility index (Phi) is 13.6. The molecule has 3 amide bonds. The maximum absolute atomic E-state index is 13.3. The number of hydrogen-bond acceptors (Lipinski definition) is 7. The number of amides is 3. The van der Waals surface area contributed by atoms with Gasteiger partial charge in [-0.05, 0) is 24.3 Å². The number of rotatable bonds is 16. The number of guanidine groups is 1. The van der Waals surface area contributed by atoms with E-state index in [1.165, 1.54) is 0 Å². The summed E-state index contributed by atoms with van der Waals surface area (Å²) in [6.07, 6.45) is 1.34. The van der Waals surface area contributed by atoms with Gasteiger partial charge in [-0.3, -0.25) is 19.4 Å². The molecule has 1 aromatic carbocycles. The highest BCUT2D eigenvalue weighted by Crippen LogP contribution is 2.11. The van der Waals surface area contributed by atoms with E-state index < -0.39 is 54.5 Å². The lowest BCUT2D eigenvalue weighted by molar-refractivity contribution is -0.143. The molecule has 5 unspecified atom stereocenters. The first-order valence-electron chi connectivity index (χ1n) is 12.1. The van der Waals surface area contributed by atoms with Gasteiger partial charge in [-0.1, -0.05) is 50.6 Å². The molecule has 0 bridgehead atoms. The van der Waals surface area contributed by atoms with Crippen LogP contribution in [-0.2, 0) is 25.6 Å². The molecule has 37 heavy (non-hydrogen) atoms. The Labute approximate surface area is 216 Å². The van der Waals surface area contributed by atoms with Crippen LogP contribution in [0.1, 0.15) is 38.7 Å². The topological polar surface area (TPSA) is 235 Å². The number of carboxylic acids is 1. The van der Waals surface area contributed by atoms with E-state index in [2.05, 4.69) is 20.9 Å². The third-order valence-electron chi connectivity index (χ3n) is 5.81. The molecule has 0 aliphatic heterocycles. The smallest absolute Gasteiger partial charge is 0.328 e. The zero-order valence-electron chi connectivity index (χ0n) is 21.2. The molecule has 0 saturated heterocycles. The van der Waals surface area contributed by atoms with Crippen LogP contribution in [0, 0.1) is 5.92 Å². The van der Waals surface area contributed by atoms with Gasteiger partial charge in [0, 0.05) is 13.0 Å². The molecule has 11 N–H and O–H groups in total. The summed E-state index contributed by atoms with van der Waals surface area (Å²) in [7, 11) is 0. The van der Waals surface area contributed by atoms with E-state index in [9.17, 15) is 29.4 Å². The number of aliphatic imine (C=N–C) groups is 1. The third kappa shape index (κ3) is 11.3. The Hall–Kier alpha value is -3.71. The lowest BCUT2D eigenvalue weighted by Gasteiger charge is -2.28. The van der Waals surface area contributed by atoms with Gasteiger partial charge in [0.15, 0.2) is 5.96 Å². The van der Waals surface area contributed by atoms with Gasteiger partial charge in [-0.15, -0.1) is 0 Å². The number of aliphatic hydroxyl groups is 1. The summed E-state index contributed by atoms with van der Waals surface area (Å²) in [5.74, 6) is -3.73. The van der Waals surface area contributed by atoms with Crippen LogP contribution in [0.15, 0.2) is 35.3 Å². The predicted molar refractivity (Wildman–Crippen MR) is 138 cm³/mol. The molecule has 0 aliphatic rings. The van der Waals surface area contributed by atoms with Crippen molar-refractivity contribution in [3.05, 3.63) is 35.9 Å². The maximum Gasteiger partial charge on any atom is 0.328 e. The summed E-state index contributed by atoms with van der Waals surface area (Å²) in [6, 6.07) is 4.21. The molecule has 0 aliphatic carbocycles. The fourth-order valence-electron chi connectivity index (χ4n) is 3.39. The molecule has 13 nitrogen and oxygen atoms in total. The fraction of sp³-hybridized carbons (Fsp3) is 0.542. The van der Waals surface area contributed by atoms with E-state index >= 15 is 0 Å². The van der Waals surface area contributed by atoms with E-state index in [0.717, 1.165) is 0 Å². The molecule has 0 aromatic heterocycles. The Balaban J connectivity index is 3.01. The van der Waals surface area contributed by atoms with Crippen molar-refractivity contribution in [3.8, 4) is 0 Å². The van der Waals surface area contributed by atoms with Gasteiger partial charge < -0.3 is 43.4 Å². The Morgan fingerprint density at radius 3 is 2.14 bits per heavy atom. The summed E-state index contributed by atoms with van der Waals surface area (Å²) in [6.45, 7) is 3.10. The summed E-state index contributed by atoms with van der Waals surface area (Å²) in [5, 5.41) is 26.0. The number of benzene rings is 1. The molecule has 0 heterocycles. The number of nitrogens with two attached hydrogens (primary N) is 3. The average Bonchev–Trinajstić information content (AvgIpc) is 2.87. The van der Waals surface area contributed by atoms with E-state index in [0.29, 0.717) is 24.9 Å². The Morgan fingerprint density at radius 2 is 1.59 bits per heavy atom. The van der Waals surface area contributed by atoms with Gasteiger partial charge in [0.05, 0.1) is 12.6 Å². The summed E-state index contributed by atoms with van der Waals surface area (Å²) in [4.78, 5) is 54.0. The van der Waals surface area contributed by atoms with Gasteiger partial charge in [-0.25, -0.2) is 4.79 Å². The van der Waals surface area contributed by atoms with Crippen LogP contribution in [0.5, 0.6) is 0 Å². The number of nitrogens with zero attached hydrogens (tertiary/aromatic N) is 1. The molecule has 0 spiro atoms. The number of hydrogen-bond donors (Lipinski definition) is 8. The maximum atomic E-state index is 13.3. The highest BCUT2D eigenvalue weighted by molar-refractivity contribution is 5.94. The highest BCUT2D eigenvalue weighted by atomic mass is 16.4. The van der Waals surface area contributed by atoms with Gasteiger partial charge in [0.25, 0.3) is 0 Å². The van der Waals surface area contributed by atoms with Gasteiger partial charge in [-0.2, -0.15) is 0 Å². The van der Waals surface area contributed by atoms with Gasteiger partial charge >= 0.3 is 5.97 Å². The van der Waals surface area contributed by atoms with Crippen LogP contribution >= 0.6 is 0 Å². The normalized spacial score (nSPS) is 14.8. The molecule has 0 fully saturated rings. The van der Waals surface area contributed by atoms with Crippen molar-refractivity contribution in [2.75, 3.05) is 13.2 Å². The molecule has 1 rings (SSSR count). The minimum atomic E-state index is -1.54. The van der Waals surface area contributed by atoms with E-state index in [1.54, 1.807) is 37.3 Å². The predicted octanol–water partition coefficient (Wildman–Crippen LogP) is -1.81. The summed E-state index contributed by atoms with van der Waals surface area (Å²) < 4.78 is 0. The van der Waals surface area contributed by atoms with Crippen LogP contribution in [0.25, 0.3) is 0 Å². The zero-order valence-corrected chi connectivity index (χ0v) is 21.2. The standard InChI is InChI=1S/C24H39N7O6/c1-3-14(2)19(31-20(33)16(25)10-7-11-28-24(26)27)22(35)29-17(12-15-8-5-4-6-9-15)21(34)30-18(13-32)23(36)37/h4-6,8-9,14,16-19,32H,3,7,10-13,25H2,1-2H3,(H,29,35)(H,30,34)(H,31,33)(H,36,37)(H4,26,27,28). The second-order valence-corrected chi connectivity index (χ2v) is 8.76. The molecule has 0 radical (unpaired) electrons. The third-order valence-corrected chi connectivity index (χ3v) is 5.81. The monoisotopic (exact) mass is 521 g/mol. The Morgan fingerprint density at radius 1 is 0.973 bits per heavy atom. The van der Waals surface area contributed by atoms with Crippen LogP contribution < -0.4 is 33.2 Å². The Bertz CT molecular complexity index is 923. The first-order valence-corrected chi connectivity index (χ1v) is 12.1. The van der Waals surface area contributed by atoms with Crippen LogP contribution in [-0.4, -0.2) is 77.2 Å². The lowest BCUT2D eigenvalue weighted by Crippen LogP contribution is -2.59. The second-order valence-electron chi connectivity index (χ2n) is 8.76.